The highest BCUT2D eigenvalue weighted by atomic mass is 19.1. The Morgan fingerprint density at radius 1 is 1.16 bits per heavy atom. The number of anilines is 3. The molecule has 164 valence electrons. The number of amides is 2. The number of nitrogens with zero attached hydrogens (tertiary/aromatic N) is 5. The van der Waals surface area contributed by atoms with Gasteiger partial charge in [0.05, 0.1) is 5.92 Å². The Bertz CT molecular complexity index is 959. The molecule has 2 amide bonds. The quantitative estimate of drug-likeness (QED) is 0.788. The number of carbonyl (C=O) groups is 2. The Hall–Kier alpha value is -3.23. The molecule has 2 saturated heterocycles. The van der Waals surface area contributed by atoms with E-state index in [1.54, 1.807) is 17.0 Å². The highest BCUT2D eigenvalue weighted by Crippen LogP contribution is 2.27. The van der Waals surface area contributed by atoms with Crippen LogP contribution in [-0.2, 0) is 9.59 Å². The topological polar surface area (TPSA) is 81.7 Å². The van der Waals surface area contributed by atoms with Crippen molar-refractivity contribution in [3.8, 4) is 0 Å². The van der Waals surface area contributed by atoms with Crippen LogP contribution in [0.4, 0.5) is 21.8 Å². The van der Waals surface area contributed by atoms with Gasteiger partial charge in [-0.1, -0.05) is 0 Å². The summed E-state index contributed by atoms with van der Waals surface area (Å²) < 4.78 is 13.2. The molecule has 0 spiro atoms. The normalized spacial score (nSPS) is 19.1. The second-order valence-electron chi connectivity index (χ2n) is 7.92. The molecule has 2 aliphatic heterocycles. The maximum absolute atomic E-state index is 13.2. The van der Waals surface area contributed by atoms with Crippen molar-refractivity contribution in [2.45, 2.75) is 20.3 Å². The molecule has 1 aromatic heterocycles. The van der Waals surface area contributed by atoms with E-state index in [0.717, 1.165) is 18.1 Å². The number of aryl methyl sites for hydroxylation is 1. The molecule has 1 aromatic carbocycles. The third-order valence-electron chi connectivity index (χ3n) is 5.70. The fourth-order valence-electron chi connectivity index (χ4n) is 4.11. The lowest BCUT2D eigenvalue weighted by atomic mass is 10.1. The van der Waals surface area contributed by atoms with Gasteiger partial charge in [0.1, 0.15) is 11.6 Å². The Labute approximate surface area is 181 Å². The lowest BCUT2D eigenvalue weighted by Crippen LogP contribution is -2.51. The van der Waals surface area contributed by atoms with Crippen molar-refractivity contribution in [2.24, 2.45) is 5.92 Å². The predicted molar refractivity (Wildman–Crippen MR) is 117 cm³/mol. The number of piperazine rings is 1. The minimum Gasteiger partial charge on any atom is -0.354 e. The van der Waals surface area contributed by atoms with Crippen LogP contribution in [0.25, 0.3) is 0 Å². The van der Waals surface area contributed by atoms with Crippen LogP contribution in [0.15, 0.2) is 30.3 Å². The molecule has 31 heavy (non-hydrogen) atoms. The zero-order valence-corrected chi connectivity index (χ0v) is 17.8. The number of nitrogens with one attached hydrogen (secondary N) is 1. The minimum atomic E-state index is -0.370. The second-order valence-corrected chi connectivity index (χ2v) is 7.92. The molecule has 3 heterocycles. The molecule has 2 fully saturated rings. The van der Waals surface area contributed by atoms with Gasteiger partial charge in [-0.15, -0.1) is 0 Å². The maximum Gasteiger partial charge on any atom is 0.228 e. The van der Waals surface area contributed by atoms with Gasteiger partial charge >= 0.3 is 0 Å². The van der Waals surface area contributed by atoms with Crippen molar-refractivity contribution in [2.75, 3.05) is 54.4 Å². The van der Waals surface area contributed by atoms with Crippen LogP contribution in [0.1, 0.15) is 19.0 Å². The van der Waals surface area contributed by atoms with Crippen molar-refractivity contribution in [1.82, 2.24) is 14.9 Å². The van der Waals surface area contributed by atoms with E-state index in [-0.39, 0.29) is 30.0 Å². The van der Waals surface area contributed by atoms with Crippen LogP contribution in [0.5, 0.6) is 0 Å². The van der Waals surface area contributed by atoms with E-state index in [9.17, 15) is 14.0 Å². The van der Waals surface area contributed by atoms with Crippen molar-refractivity contribution in [3.05, 3.63) is 41.8 Å². The molecule has 1 unspecified atom stereocenters. The number of hydrogen-bond acceptors (Lipinski definition) is 6. The van der Waals surface area contributed by atoms with Gasteiger partial charge in [0.2, 0.25) is 17.8 Å². The van der Waals surface area contributed by atoms with Crippen LogP contribution < -0.4 is 15.1 Å². The zero-order valence-electron chi connectivity index (χ0n) is 17.8. The monoisotopic (exact) mass is 426 g/mol. The van der Waals surface area contributed by atoms with E-state index in [1.165, 1.54) is 12.1 Å². The molecular formula is C22H27FN6O2. The van der Waals surface area contributed by atoms with Gasteiger partial charge in [0.25, 0.3) is 0 Å². The Morgan fingerprint density at radius 2 is 1.87 bits per heavy atom. The largest absolute Gasteiger partial charge is 0.354 e. The number of hydrogen-bond donors (Lipinski definition) is 1. The highest BCUT2D eigenvalue weighted by Gasteiger charge is 2.38. The third-order valence-corrected chi connectivity index (χ3v) is 5.70. The molecule has 8 nitrogen and oxygen atoms in total. The fraction of sp³-hybridized carbons (Fsp3) is 0.455. The van der Waals surface area contributed by atoms with Gasteiger partial charge < -0.3 is 20.0 Å². The Kier molecular flexibility index (Phi) is 6.01. The van der Waals surface area contributed by atoms with Crippen LogP contribution in [0.3, 0.4) is 0 Å². The summed E-state index contributed by atoms with van der Waals surface area (Å²) in [6.45, 7) is 7.54. The lowest BCUT2D eigenvalue weighted by Gasteiger charge is -2.36. The molecule has 0 saturated carbocycles. The number of aromatic nitrogens is 2. The fourth-order valence-corrected chi connectivity index (χ4v) is 4.11. The van der Waals surface area contributed by atoms with Crippen LogP contribution in [-0.4, -0.2) is 66.0 Å². The number of halogens is 1. The summed E-state index contributed by atoms with van der Waals surface area (Å²) in [4.78, 5) is 40.0. The first-order chi connectivity index (χ1) is 14.9. The van der Waals surface area contributed by atoms with E-state index in [1.807, 2.05) is 24.8 Å². The van der Waals surface area contributed by atoms with Gasteiger partial charge in [-0.2, -0.15) is 4.98 Å². The molecule has 2 aliphatic rings. The SMILES string of the molecule is CCNc1nc(C)cc(N2CCN(C(=O)C3CC(=O)N(c4ccc(F)cc4)C3)CC2)n1. The molecular weight excluding hydrogens is 399 g/mol. The van der Waals surface area contributed by atoms with E-state index < -0.39 is 0 Å². The summed E-state index contributed by atoms with van der Waals surface area (Å²) in [5.74, 6) is 0.652. The first-order valence-electron chi connectivity index (χ1n) is 10.6. The first-order valence-corrected chi connectivity index (χ1v) is 10.6. The van der Waals surface area contributed by atoms with Gasteiger partial charge in [-0.3, -0.25) is 9.59 Å². The smallest absolute Gasteiger partial charge is 0.228 e. The average Bonchev–Trinajstić information content (AvgIpc) is 3.15. The summed E-state index contributed by atoms with van der Waals surface area (Å²) in [7, 11) is 0. The van der Waals surface area contributed by atoms with Crippen molar-refractivity contribution < 1.29 is 14.0 Å². The van der Waals surface area contributed by atoms with Gasteiger partial charge in [0, 0.05) is 63.1 Å². The Balaban J connectivity index is 1.36. The number of benzene rings is 1. The summed E-state index contributed by atoms with van der Waals surface area (Å²) in [5.41, 5.74) is 1.52. The molecule has 4 rings (SSSR count). The molecule has 1 atom stereocenters. The maximum atomic E-state index is 13.2. The first kappa shape index (κ1) is 21.0. The van der Waals surface area contributed by atoms with Gasteiger partial charge in [-0.25, -0.2) is 9.37 Å². The molecule has 1 N–H and O–H groups in total. The van der Waals surface area contributed by atoms with E-state index in [4.69, 9.17) is 0 Å². The van der Waals surface area contributed by atoms with Gasteiger partial charge in [0.15, 0.2) is 0 Å². The van der Waals surface area contributed by atoms with Crippen LogP contribution >= 0.6 is 0 Å². The van der Waals surface area contributed by atoms with Gasteiger partial charge in [-0.05, 0) is 38.1 Å². The number of carbonyl (C=O) groups excluding carboxylic acids is 2. The highest BCUT2D eigenvalue weighted by molar-refractivity contribution is 6.00. The molecule has 0 aliphatic carbocycles. The number of rotatable bonds is 5. The predicted octanol–water partition coefficient (Wildman–Crippen LogP) is 2.06. The molecule has 2 aromatic rings. The third kappa shape index (κ3) is 4.60. The van der Waals surface area contributed by atoms with Crippen molar-refractivity contribution in [1.29, 1.82) is 0 Å². The molecule has 9 heteroatoms. The molecule has 0 radical (unpaired) electrons. The average molecular weight is 426 g/mol. The van der Waals surface area contributed by atoms with Crippen molar-refractivity contribution in [3.63, 3.8) is 0 Å². The minimum absolute atomic E-state index is 0.00446. The Morgan fingerprint density at radius 3 is 2.55 bits per heavy atom. The summed E-state index contributed by atoms with van der Waals surface area (Å²) >= 11 is 0. The van der Waals surface area contributed by atoms with Crippen LogP contribution in [0, 0.1) is 18.7 Å². The summed E-state index contributed by atoms with van der Waals surface area (Å²) in [6.07, 6.45) is 0.188. The molecule has 0 bridgehead atoms. The lowest BCUT2D eigenvalue weighted by molar-refractivity contribution is -0.136. The standard InChI is InChI=1S/C22H27FN6O2/c1-3-24-22-25-15(2)12-19(26-22)27-8-10-28(11-9-27)21(31)16-13-20(30)29(14-16)18-6-4-17(23)5-7-18/h4-7,12,16H,3,8-11,13-14H2,1-2H3,(H,24,25,26). The van der Waals surface area contributed by atoms with E-state index in [0.29, 0.717) is 44.4 Å². The van der Waals surface area contributed by atoms with E-state index >= 15 is 0 Å². The van der Waals surface area contributed by atoms with Crippen molar-refractivity contribution >= 4 is 29.3 Å². The second kappa shape index (κ2) is 8.87. The van der Waals surface area contributed by atoms with Crippen LogP contribution in [0.2, 0.25) is 0 Å². The zero-order chi connectivity index (χ0) is 22.0. The van der Waals surface area contributed by atoms with E-state index in [2.05, 4.69) is 20.2 Å². The summed E-state index contributed by atoms with van der Waals surface area (Å²) in [5, 5.41) is 3.15. The summed E-state index contributed by atoms with van der Waals surface area (Å²) in [6, 6.07) is 7.75.